The van der Waals surface area contributed by atoms with Crippen molar-refractivity contribution < 1.29 is 0 Å². The lowest BCUT2D eigenvalue weighted by Gasteiger charge is -2.07. The van der Waals surface area contributed by atoms with Crippen molar-refractivity contribution in [2.75, 3.05) is 0 Å². The van der Waals surface area contributed by atoms with E-state index in [0.29, 0.717) is 11.1 Å². The first kappa shape index (κ1) is 12.4. The minimum atomic E-state index is 0.667. The molecule has 0 N–H and O–H groups in total. The quantitative estimate of drug-likeness (QED) is 0.783. The topological polar surface area (TPSA) is 52.5 Å². The normalized spacial score (nSPS) is 10.1. The Balaban J connectivity index is 2.79. The lowest BCUT2D eigenvalue weighted by molar-refractivity contribution is 0.979. The van der Waals surface area contributed by atoms with Crippen LogP contribution in [0.25, 0.3) is 5.00 Å². The molecule has 0 saturated heterocycles. The summed E-state index contributed by atoms with van der Waals surface area (Å²) in [6, 6.07) is 6.32. The predicted molar refractivity (Wildman–Crippen MR) is 72.0 cm³/mol. The van der Waals surface area contributed by atoms with E-state index in [-0.39, 0.29) is 0 Å². The SMILES string of the molecule is Cc1sc(-n2c(C)cc(C#N)c2C)c(C#N)c1C. The summed E-state index contributed by atoms with van der Waals surface area (Å²) in [6.45, 7) is 7.85. The number of aryl methyl sites for hydroxylation is 2. The number of nitriles is 2. The van der Waals surface area contributed by atoms with E-state index >= 15 is 0 Å². The number of hydrogen-bond donors (Lipinski definition) is 0. The van der Waals surface area contributed by atoms with E-state index in [1.807, 2.05) is 38.3 Å². The number of thiophene rings is 1. The van der Waals surface area contributed by atoms with E-state index in [0.717, 1.165) is 26.8 Å². The van der Waals surface area contributed by atoms with Gasteiger partial charge in [-0.2, -0.15) is 10.5 Å². The highest BCUT2D eigenvalue weighted by Gasteiger charge is 2.18. The Hall–Kier alpha value is -2.04. The largest absolute Gasteiger partial charge is 0.308 e. The fourth-order valence-corrected chi connectivity index (χ4v) is 3.30. The summed E-state index contributed by atoms with van der Waals surface area (Å²) in [4.78, 5) is 1.15. The molecule has 2 aromatic rings. The molecule has 0 amide bonds. The van der Waals surface area contributed by atoms with Gasteiger partial charge in [-0.25, -0.2) is 0 Å². The second kappa shape index (κ2) is 4.33. The molecule has 0 saturated carbocycles. The molecule has 2 aromatic heterocycles. The van der Waals surface area contributed by atoms with Crippen molar-refractivity contribution in [1.29, 1.82) is 10.5 Å². The fraction of sp³-hybridized carbons (Fsp3) is 0.286. The molecular formula is C14H13N3S. The van der Waals surface area contributed by atoms with Gasteiger partial charge in [0.05, 0.1) is 11.1 Å². The Labute approximate surface area is 111 Å². The summed E-state index contributed by atoms with van der Waals surface area (Å²) >= 11 is 1.60. The number of nitrogens with zero attached hydrogens (tertiary/aromatic N) is 3. The van der Waals surface area contributed by atoms with Gasteiger partial charge < -0.3 is 4.57 Å². The summed E-state index contributed by atoms with van der Waals surface area (Å²) in [5.41, 5.74) is 4.29. The third kappa shape index (κ3) is 1.63. The molecule has 18 heavy (non-hydrogen) atoms. The Morgan fingerprint density at radius 1 is 1.11 bits per heavy atom. The second-order valence-electron chi connectivity index (χ2n) is 4.31. The van der Waals surface area contributed by atoms with E-state index in [2.05, 4.69) is 12.1 Å². The van der Waals surface area contributed by atoms with Crippen LogP contribution in [0.15, 0.2) is 6.07 Å². The van der Waals surface area contributed by atoms with Gasteiger partial charge >= 0.3 is 0 Å². The standard InChI is InChI=1S/C14H13N3S/c1-8-5-12(6-15)10(3)17(8)14-13(7-16)9(2)11(4)18-14/h5H,1-4H3. The Morgan fingerprint density at radius 3 is 2.28 bits per heavy atom. The van der Waals surface area contributed by atoms with Crippen LogP contribution in [-0.2, 0) is 0 Å². The van der Waals surface area contributed by atoms with Crippen LogP contribution in [-0.4, -0.2) is 4.57 Å². The van der Waals surface area contributed by atoms with Gasteiger partial charge in [0.2, 0.25) is 0 Å². The van der Waals surface area contributed by atoms with E-state index < -0.39 is 0 Å². The maximum absolute atomic E-state index is 9.30. The van der Waals surface area contributed by atoms with Gasteiger partial charge in [-0.1, -0.05) is 0 Å². The van der Waals surface area contributed by atoms with Crippen molar-refractivity contribution in [3.05, 3.63) is 39.0 Å². The van der Waals surface area contributed by atoms with Gasteiger partial charge in [0.15, 0.2) is 0 Å². The van der Waals surface area contributed by atoms with E-state index in [9.17, 15) is 5.26 Å². The smallest absolute Gasteiger partial charge is 0.118 e. The molecule has 0 bridgehead atoms. The van der Waals surface area contributed by atoms with Crippen molar-refractivity contribution in [1.82, 2.24) is 4.57 Å². The highest BCUT2D eigenvalue weighted by molar-refractivity contribution is 7.14. The van der Waals surface area contributed by atoms with E-state index in [1.165, 1.54) is 0 Å². The molecule has 0 aliphatic heterocycles. The lowest BCUT2D eigenvalue weighted by Crippen LogP contribution is -1.99. The molecule has 4 heteroatoms. The Kier molecular flexibility index (Phi) is 2.98. The van der Waals surface area contributed by atoms with Gasteiger partial charge in [-0.15, -0.1) is 11.3 Å². The zero-order chi connectivity index (χ0) is 13.4. The van der Waals surface area contributed by atoms with Crippen molar-refractivity contribution in [2.45, 2.75) is 27.7 Å². The van der Waals surface area contributed by atoms with Gasteiger partial charge in [-0.3, -0.25) is 0 Å². The van der Waals surface area contributed by atoms with Crippen LogP contribution in [0.2, 0.25) is 0 Å². The molecule has 0 aliphatic rings. The molecule has 0 aliphatic carbocycles. The summed E-state index contributed by atoms with van der Waals surface area (Å²) in [6.07, 6.45) is 0. The van der Waals surface area contributed by atoms with Crippen LogP contribution in [0.5, 0.6) is 0 Å². The van der Waals surface area contributed by atoms with Crippen LogP contribution in [0.4, 0.5) is 0 Å². The summed E-state index contributed by atoms with van der Waals surface area (Å²) < 4.78 is 2.00. The molecule has 0 unspecified atom stereocenters. The Morgan fingerprint density at radius 2 is 1.78 bits per heavy atom. The molecule has 0 aromatic carbocycles. The number of hydrogen-bond acceptors (Lipinski definition) is 3. The first-order valence-corrected chi connectivity index (χ1v) is 6.42. The van der Waals surface area contributed by atoms with Gasteiger partial charge in [0.25, 0.3) is 0 Å². The minimum absolute atomic E-state index is 0.667. The van der Waals surface area contributed by atoms with Gasteiger partial charge in [0, 0.05) is 16.3 Å². The molecule has 0 spiro atoms. The maximum Gasteiger partial charge on any atom is 0.118 e. The summed E-state index contributed by atoms with van der Waals surface area (Å²) in [5.74, 6) is 0. The second-order valence-corrected chi connectivity index (χ2v) is 5.51. The zero-order valence-electron chi connectivity index (χ0n) is 10.8. The number of aromatic nitrogens is 1. The van der Waals surface area contributed by atoms with Crippen LogP contribution < -0.4 is 0 Å². The first-order valence-electron chi connectivity index (χ1n) is 5.60. The van der Waals surface area contributed by atoms with Crippen LogP contribution in [0, 0.1) is 50.4 Å². The predicted octanol–water partition coefficient (Wildman–Crippen LogP) is 3.52. The maximum atomic E-state index is 9.30. The Bertz CT molecular complexity index is 705. The molecule has 3 nitrogen and oxygen atoms in total. The minimum Gasteiger partial charge on any atom is -0.308 e. The number of rotatable bonds is 1. The van der Waals surface area contributed by atoms with Crippen LogP contribution >= 0.6 is 11.3 Å². The van der Waals surface area contributed by atoms with Crippen molar-refractivity contribution >= 4 is 11.3 Å². The highest BCUT2D eigenvalue weighted by Crippen LogP contribution is 2.33. The summed E-state index contributed by atoms with van der Waals surface area (Å²) in [5, 5.41) is 19.3. The van der Waals surface area contributed by atoms with Crippen molar-refractivity contribution in [2.24, 2.45) is 0 Å². The molecule has 0 radical (unpaired) electrons. The highest BCUT2D eigenvalue weighted by atomic mass is 32.1. The van der Waals surface area contributed by atoms with Crippen molar-refractivity contribution in [3.63, 3.8) is 0 Å². The fourth-order valence-electron chi connectivity index (χ4n) is 2.09. The van der Waals surface area contributed by atoms with Crippen molar-refractivity contribution in [3.8, 4) is 17.1 Å². The molecule has 2 heterocycles. The average molecular weight is 255 g/mol. The monoisotopic (exact) mass is 255 g/mol. The van der Waals surface area contributed by atoms with Gasteiger partial charge in [-0.05, 0) is 39.3 Å². The molecule has 90 valence electrons. The van der Waals surface area contributed by atoms with Gasteiger partial charge in [0.1, 0.15) is 17.1 Å². The zero-order valence-corrected chi connectivity index (χ0v) is 11.6. The van der Waals surface area contributed by atoms with E-state index in [1.54, 1.807) is 11.3 Å². The third-order valence-corrected chi connectivity index (χ3v) is 4.43. The van der Waals surface area contributed by atoms with E-state index in [4.69, 9.17) is 5.26 Å². The van der Waals surface area contributed by atoms with Crippen LogP contribution in [0.3, 0.4) is 0 Å². The molecular weight excluding hydrogens is 242 g/mol. The lowest BCUT2D eigenvalue weighted by atomic mass is 10.2. The molecule has 0 fully saturated rings. The first-order chi connectivity index (χ1) is 8.51. The summed E-state index contributed by atoms with van der Waals surface area (Å²) in [7, 11) is 0. The molecule has 0 atom stereocenters. The van der Waals surface area contributed by atoms with Crippen LogP contribution in [0.1, 0.15) is 33.0 Å². The molecule has 2 rings (SSSR count). The third-order valence-electron chi connectivity index (χ3n) is 3.23. The average Bonchev–Trinajstić information content (AvgIpc) is 2.77.